The van der Waals surface area contributed by atoms with Gasteiger partial charge in [0, 0.05) is 26.3 Å². The molecule has 0 bridgehead atoms. The monoisotopic (exact) mass is 418 g/mol. The van der Waals surface area contributed by atoms with E-state index >= 15 is 0 Å². The molecule has 0 radical (unpaired) electrons. The van der Waals surface area contributed by atoms with Gasteiger partial charge in [0.05, 0.1) is 7.50 Å². The third-order valence-electron chi connectivity index (χ3n) is 1.73. The van der Waals surface area contributed by atoms with Crippen LogP contribution in [0, 0.1) is 0 Å². The maximum atomic E-state index is 11.6. The summed E-state index contributed by atoms with van der Waals surface area (Å²) >= 11 is 4.55. The number of nitrogens with zero attached hydrogens (tertiary/aromatic N) is 1. The Bertz CT molecular complexity index is 274. The van der Waals surface area contributed by atoms with E-state index in [-0.39, 0.29) is 5.91 Å². The zero-order valence-electron chi connectivity index (χ0n) is 7.84. The fourth-order valence-corrected chi connectivity index (χ4v) is 1.53. The van der Waals surface area contributed by atoms with Gasteiger partial charge in [-0.2, -0.15) is 0 Å². The average Bonchev–Trinajstić information content (AvgIpc) is 2.14. The van der Waals surface area contributed by atoms with Gasteiger partial charge >= 0.3 is 0 Å². The van der Waals surface area contributed by atoms with Crippen LogP contribution in [0.1, 0.15) is 0 Å². The summed E-state index contributed by atoms with van der Waals surface area (Å²) in [6.07, 6.45) is 5.72. The van der Waals surface area contributed by atoms with E-state index in [1.54, 1.807) is 0 Å². The highest BCUT2D eigenvalue weighted by Gasteiger charge is 2.10. The minimum Gasteiger partial charge on any atom is -0.376 e. The molecule has 1 rings (SSSR count). The molecule has 1 aliphatic heterocycles. The first-order valence-electron chi connectivity index (χ1n) is 4.24. The van der Waals surface area contributed by atoms with Crippen LogP contribution in [-0.4, -0.2) is 32.9 Å². The molecule has 0 spiro atoms. The molecule has 0 saturated heterocycles. The molecule has 0 atom stereocenters. The summed E-state index contributed by atoms with van der Waals surface area (Å²) in [5.41, 5.74) is 0.729. The van der Waals surface area contributed by atoms with Crippen molar-refractivity contribution in [3.63, 3.8) is 0 Å². The highest BCUT2D eigenvalue weighted by Crippen LogP contribution is 2.09. The van der Waals surface area contributed by atoms with Crippen molar-refractivity contribution >= 4 is 51.1 Å². The molecule has 1 aliphatic rings. The normalized spacial score (nSPS) is 15.7. The van der Waals surface area contributed by atoms with Crippen molar-refractivity contribution in [1.29, 1.82) is 0 Å². The third kappa shape index (κ3) is 4.16. The second kappa shape index (κ2) is 5.94. The Morgan fingerprint density at radius 2 is 2.43 bits per heavy atom. The minimum atomic E-state index is 0.00568. The first-order valence-corrected chi connectivity index (χ1v) is 6.73. The Kier molecular flexibility index (Phi) is 5.21. The molecule has 0 unspecified atom stereocenters. The van der Waals surface area contributed by atoms with Crippen molar-refractivity contribution in [3.05, 3.63) is 23.9 Å². The molecule has 1 amide bonds. The quantitative estimate of drug-likeness (QED) is 0.559. The van der Waals surface area contributed by atoms with Gasteiger partial charge in [-0.15, -0.1) is 0 Å². The topological polar surface area (TPSA) is 32.3 Å². The molecule has 5 heteroatoms. The first kappa shape index (κ1) is 12.3. The lowest BCUT2D eigenvalue weighted by Gasteiger charge is -2.17. The Morgan fingerprint density at radius 3 is 3.00 bits per heavy atom. The van der Waals surface area contributed by atoms with Gasteiger partial charge in [-0.3, -0.25) is 4.79 Å². The molecule has 0 saturated carbocycles. The van der Waals surface area contributed by atoms with Gasteiger partial charge in [-0.25, -0.2) is 0 Å². The molecule has 78 valence electrons. The van der Waals surface area contributed by atoms with E-state index in [2.05, 4.69) is 50.5 Å². The maximum Gasteiger partial charge on any atom is 0.252 e. The van der Waals surface area contributed by atoms with Crippen LogP contribution in [0.25, 0.3) is 0 Å². The van der Waals surface area contributed by atoms with E-state index in [1.165, 1.54) is 0 Å². The van der Waals surface area contributed by atoms with Crippen molar-refractivity contribution < 1.29 is 4.79 Å². The van der Waals surface area contributed by atoms with Gasteiger partial charge in [-0.1, -0.05) is 57.3 Å². The van der Waals surface area contributed by atoms with E-state index < -0.39 is 0 Å². The Hall–Kier alpha value is 0.210. The summed E-state index contributed by atoms with van der Waals surface area (Å²) in [4.78, 5) is 13.6. The summed E-state index contributed by atoms with van der Waals surface area (Å²) in [5, 5.41) is 2.87. The SMILES string of the molecule is CN1C=C(C(=O)NCC(I)I)C=CC1. The van der Waals surface area contributed by atoms with Crippen molar-refractivity contribution in [1.82, 2.24) is 10.2 Å². The fourth-order valence-electron chi connectivity index (χ4n) is 1.09. The molecule has 0 aliphatic carbocycles. The number of amides is 1. The molecule has 0 fully saturated rings. The lowest BCUT2D eigenvalue weighted by Crippen LogP contribution is -2.30. The number of rotatable bonds is 3. The summed E-state index contributed by atoms with van der Waals surface area (Å²) < 4.78 is 0.431. The lowest BCUT2D eigenvalue weighted by molar-refractivity contribution is -0.117. The Morgan fingerprint density at radius 1 is 1.71 bits per heavy atom. The predicted octanol–water partition coefficient (Wildman–Crippen LogP) is 1.68. The van der Waals surface area contributed by atoms with Crippen LogP contribution < -0.4 is 5.32 Å². The number of nitrogens with one attached hydrogen (secondary N) is 1. The summed E-state index contributed by atoms with van der Waals surface area (Å²) in [6, 6.07) is 0. The number of hydrogen-bond donors (Lipinski definition) is 1. The van der Waals surface area contributed by atoms with E-state index in [0.717, 1.165) is 12.1 Å². The second-order valence-corrected chi connectivity index (χ2v) is 8.42. The number of likely N-dealkylation sites (N-methyl/N-ethyl adjacent to an activating group) is 1. The molecule has 0 aromatic rings. The van der Waals surface area contributed by atoms with Gasteiger partial charge in [-0.05, 0) is 0 Å². The first-order chi connectivity index (χ1) is 6.59. The van der Waals surface area contributed by atoms with Crippen LogP contribution >= 0.6 is 45.2 Å². The number of carbonyl (C=O) groups is 1. The molecule has 3 nitrogen and oxygen atoms in total. The summed E-state index contributed by atoms with van der Waals surface area (Å²) in [5.74, 6) is 0.00568. The molecule has 0 aromatic carbocycles. The average molecular weight is 418 g/mol. The number of carbonyl (C=O) groups excluding carboxylic acids is 1. The molecule has 0 aromatic heterocycles. The van der Waals surface area contributed by atoms with E-state index in [9.17, 15) is 4.79 Å². The lowest BCUT2D eigenvalue weighted by atomic mass is 10.2. The van der Waals surface area contributed by atoms with E-state index in [0.29, 0.717) is 8.48 Å². The second-order valence-electron chi connectivity index (χ2n) is 3.03. The number of alkyl halides is 2. The zero-order chi connectivity index (χ0) is 10.6. The van der Waals surface area contributed by atoms with Gasteiger partial charge in [0.15, 0.2) is 0 Å². The van der Waals surface area contributed by atoms with Crippen molar-refractivity contribution in [2.45, 2.75) is 1.93 Å². The van der Waals surface area contributed by atoms with Crippen LogP contribution in [0.15, 0.2) is 23.9 Å². The van der Waals surface area contributed by atoms with Crippen LogP contribution in [0.3, 0.4) is 0 Å². The highest BCUT2D eigenvalue weighted by molar-refractivity contribution is 14.2. The van der Waals surface area contributed by atoms with E-state index in [1.807, 2.05) is 30.3 Å². The summed E-state index contributed by atoms with van der Waals surface area (Å²) in [7, 11) is 1.95. The van der Waals surface area contributed by atoms with Crippen molar-refractivity contribution in [2.75, 3.05) is 20.1 Å². The number of hydrogen-bond acceptors (Lipinski definition) is 2. The minimum absolute atomic E-state index is 0.00568. The molecule has 1 N–H and O–H groups in total. The maximum absolute atomic E-state index is 11.6. The Balaban J connectivity index is 2.48. The fraction of sp³-hybridized carbons (Fsp3) is 0.444. The standard InChI is InChI=1S/C9H12I2N2O/c1-13-4-2-3-7(6-13)9(14)12-5-8(10)11/h2-3,6,8H,4-5H2,1H3,(H,12,14). The van der Waals surface area contributed by atoms with Crippen LogP contribution in [-0.2, 0) is 4.79 Å². The molecule has 14 heavy (non-hydrogen) atoms. The van der Waals surface area contributed by atoms with Gasteiger partial charge < -0.3 is 10.2 Å². The van der Waals surface area contributed by atoms with E-state index in [4.69, 9.17) is 0 Å². The van der Waals surface area contributed by atoms with Crippen molar-refractivity contribution in [3.8, 4) is 0 Å². The smallest absolute Gasteiger partial charge is 0.252 e. The van der Waals surface area contributed by atoms with Crippen molar-refractivity contribution in [2.24, 2.45) is 0 Å². The Labute approximate surface area is 111 Å². The molecular formula is C9H12I2N2O. The zero-order valence-corrected chi connectivity index (χ0v) is 12.2. The summed E-state index contributed by atoms with van der Waals surface area (Å²) in [6.45, 7) is 1.58. The van der Waals surface area contributed by atoms with Crippen LogP contribution in [0.5, 0.6) is 0 Å². The highest BCUT2D eigenvalue weighted by atomic mass is 127. The largest absolute Gasteiger partial charge is 0.376 e. The van der Waals surface area contributed by atoms with Crippen LogP contribution in [0.4, 0.5) is 0 Å². The molecular weight excluding hydrogens is 406 g/mol. The van der Waals surface area contributed by atoms with Gasteiger partial charge in [0.25, 0.3) is 5.91 Å². The molecule has 1 heterocycles. The van der Waals surface area contributed by atoms with Gasteiger partial charge in [0.1, 0.15) is 0 Å². The third-order valence-corrected chi connectivity index (χ3v) is 2.61. The number of halogens is 2. The van der Waals surface area contributed by atoms with Gasteiger partial charge in [0.2, 0.25) is 0 Å². The van der Waals surface area contributed by atoms with Crippen LogP contribution in [0.2, 0.25) is 0 Å². The predicted molar refractivity (Wildman–Crippen MR) is 74.7 cm³/mol.